The van der Waals surface area contributed by atoms with Crippen LogP contribution in [0.25, 0.3) is 0 Å². The highest BCUT2D eigenvalue weighted by Crippen LogP contribution is 2.34. The van der Waals surface area contributed by atoms with Gasteiger partial charge in [-0.05, 0) is 54.7 Å². The normalized spacial score (nSPS) is 10.7. The van der Waals surface area contributed by atoms with Gasteiger partial charge < -0.3 is 9.47 Å². The Bertz CT molecular complexity index is 270. The van der Waals surface area contributed by atoms with Gasteiger partial charge in [0.1, 0.15) is 13.2 Å². The first-order valence-electron chi connectivity index (χ1n) is 3.81. The number of hydrogen-bond donors (Lipinski definition) is 0. The summed E-state index contributed by atoms with van der Waals surface area (Å²) in [6, 6.07) is 0. The van der Waals surface area contributed by atoms with Crippen molar-refractivity contribution in [3.05, 3.63) is 12.2 Å². The molecule has 0 bridgehead atoms. The molecule has 0 spiro atoms. The SMILES string of the molecule is C=C(C)C(=O)OCCOC(=O)C(Br)(Br)Br. The van der Waals surface area contributed by atoms with Gasteiger partial charge >= 0.3 is 11.9 Å². The minimum Gasteiger partial charge on any atom is -0.460 e. The summed E-state index contributed by atoms with van der Waals surface area (Å²) in [5, 5.41) is 0. The van der Waals surface area contributed by atoms with Crippen LogP contribution in [-0.4, -0.2) is 27.3 Å². The lowest BCUT2D eigenvalue weighted by atomic mass is 10.4. The van der Waals surface area contributed by atoms with Crippen LogP contribution < -0.4 is 0 Å². The van der Waals surface area contributed by atoms with E-state index < -0.39 is 14.1 Å². The molecule has 86 valence electrons. The Kier molecular flexibility index (Phi) is 6.70. The van der Waals surface area contributed by atoms with E-state index in [9.17, 15) is 9.59 Å². The van der Waals surface area contributed by atoms with Crippen LogP contribution in [0.1, 0.15) is 6.92 Å². The Labute approximate surface area is 113 Å². The largest absolute Gasteiger partial charge is 0.460 e. The topological polar surface area (TPSA) is 52.6 Å². The molecule has 0 aromatic rings. The number of esters is 2. The molecular weight excluding hydrogens is 400 g/mol. The summed E-state index contributed by atoms with van der Waals surface area (Å²) in [6.45, 7) is 4.93. The van der Waals surface area contributed by atoms with Crippen LogP contribution in [0.4, 0.5) is 0 Å². The molecule has 0 aliphatic heterocycles. The summed E-state index contributed by atoms with van der Waals surface area (Å²) in [4.78, 5) is 22.0. The quantitative estimate of drug-likeness (QED) is 0.310. The number of rotatable bonds is 4. The van der Waals surface area contributed by atoms with Gasteiger partial charge in [-0.3, -0.25) is 0 Å². The molecule has 0 rings (SSSR count). The van der Waals surface area contributed by atoms with Crippen LogP contribution in [-0.2, 0) is 19.1 Å². The van der Waals surface area contributed by atoms with Crippen molar-refractivity contribution < 1.29 is 19.1 Å². The van der Waals surface area contributed by atoms with Crippen molar-refractivity contribution in [2.24, 2.45) is 0 Å². The Morgan fingerprint density at radius 1 is 1.20 bits per heavy atom. The maximum Gasteiger partial charge on any atom is 0.345 e. The van der Waals surface area contributed by atoms with Gasteiger partial charge in [0.05, 0.1) is 0 Å². The number of halogens is 3. The molecule has 15 heavy (non-hydrogen) atoms. The van der Waals surface area contributed by atoms with Crippen molar-refractivity contribution in [1.82, 2.24) is 0 Å². The minimum absolute atomic E-state index is 0.000509. The Balaban J connectivity index is 3.69. The number of alkyl halides is 3. The first-order valence-corrected chi connectivity index (χ1v) is 6.19. The first kappa shape index (κ1) is 15.1. The van der Waals surface area contributed by atoms with E-state index in [1.165, 1.54) is 6.92 Å². The van der Waals surface area contributed by atoms with Crippen molar-refractivity contribution in [2.75, 3.05) is 13.2 Å². The fourth-order valence-corrected chi connectivity index (χ4v) is 0.817. The average Bonchev–Trinajstić information content (AvgIpc) is 2.09. The van der Waals surface area contributed by atoms with Crippen LogP contribution in [0, 0.1) is 0 Å². The molecular formula is C8H9Br3O4. The van der Waals surface area contributed by atoms with Gasteiger partial charge in [0.2, 0.25) is 2.14 Å². The Morgan fingerprint density at radius 3 is 2.07 bits per heavy atom. The monoisotopic (exact) mass is 406 g/mol. The average molecular weight is 409 g/mol. The van der Waals surface area contributed by atoms with Crippen LogP contribution in [0.5, 0.6) is 0 Å². The van der Waals surface area contributed by atoms with E-state index in [0.29, 0.717) is 5.57 Å². The summed E-state index contributed by atoms with van der Waals surface area (Å²) in [5.41, 5.74) is 0.303. The zero-order valence-electron chi connectivity index (χ0n) is 7.89. The van der Waals surface area contributed by atoms with Gasteiger partial charge in [-0.25, -0.2) is 9.59 Å². The zero-order chi connectivity index (χ0) is 12.1. The van der Waals surface area contributed by atoms with Gasteiger partial charge in [0.15, 0.2) is 0 Å². The summed E-state index contributed by atoms with van der Waals surface area (Å²) in [7, 11) is 0. The molecule has 0 aromatic carbocycles. The fourth-order valence-electron chi connectivity index (χ4n) is 0.474. The molecule has 0 saturated heterocycles. The van der Waals surface area contributed by atoms with Crippen LogP contribution in [0.2, 0.25) is 0 Å². The molecule has 0 saturated carbocycles. The van der Waals surface area contributed by atoms with E-state index in [0.717, 1.165) is 0 Å². The summed E-state index contributed by atoms with van der Waals surface area (Å²) in [6.07, 6.45) is 0. The van der Waals surface area contributed by atoms with Crippen molar-refractivity contribution >= 4 is 59.7 Å². The van der Waals surface area contributed by atoms with Crippen LogP contribution >= 0.6 is 47.8 Å². The second kappa shape index (κ2) is 6.65. The minimum atomic E-state index is -1.09. The van der Waals surface area contributed by atoms with Gasteiger partial charge in [0.25, 0.3) is 0 Å². The second-order valence-electron chi connectivity index (χ2n) is 2.55. The van der Waals surface area contributed by atoms with Crippen molar-refractivity contribution in [2.45, 2.75) is 9.07 Å². The van der Waals surface area contributed by atoms with E-state index in [2.05, 4.69) is 54.4 Å². The van der Waals surface area contributed by atoms with Crippen molar-refractivity contribution in [3.63, 3.8) is 0 Å². The van der Waals surface area contributed by atoms with Crippen LogP contribution in [0.3, 0.4) is 0 Å². The molecule has 0 unspecified atom stereocenters. The zero-order valence-corrected chi connectivity index (χ0v) is 12.6. The number of carbonyl (C=O) groups is 2. The highest BCUT2D eigenvalue weighted by atomic mass is 80.0. The third-order valence-electron chi connectivity index (χ3n) is 1.13. The molecule has 0 heterocycles. The van der Waals surface area contributed by atoms with E-state index >= 15 is 0 Å². The molecule has 4 nitrogen and oxygen atoms in total. The highest BCUT2D eigenvalue weighted by Gasteiger charge is 2.30. The van der Waals surface area contributed by atoms with Gasteiger partial charge in [-0.2, -0.15) is 0 Å². The molecule has 7 heteroatoms. The maximum atomic E-state index is 11.1. The van der Waals surface area contributed by atoms with E-state index in [1.54, 1.807) is 0 Å². The van der Waals surface area contributed by atoms with E-state index in [1.807, 2.05) is 0 Å². The van der Waals surface area contributed by atoms with Gasteiger partial charge in [-0.1, -0.05) is 6.58 Å². The first-order chi connectivity index (χ1) is 6.75. The molecule has 0 fully saturated rings. The number of hydrogen-bond acceptors (Lipinski definition) is 4. The maximum absolute atomic E-state index is 11.1. The van der Waals surface area contributed by atoms with Crippen molar-refractivity contribution in [1.29, 1.82) is 0 Å². The summed E-state index contributed by atoms with van der Waals surface area (Å²) < 4.78 is 8.36. The summed E-state index contributed by atoms with van der Waals surface area (Å²) in [5.74, 6) is -1.07. The van der Waals surface area contributed by atoms with Gasteiger partial charge in [-0.15, -0.1) is 0 Å². The smallest absolute Gasteiger partial charge is 0.345 e. The van der Waals surface area contributed by atoms with Gasteiger partial charge in [0, 0.05) is 5.57 Å². The Morgan fingerprint density at radius 2 is 1.67 bits per heavy atom. The van der Waals surface area contributed by atoms with Crippen molar-refractivity contribution in [3.8, 4) is 0 Å². The highest BCUT2D eigenvalue weighted by molar-refractivity contribution is 9.40. The fraction of sp³-hybridized carbons (Fsp3) is 0.500. The third-order valence-corrected chi connectivity index (χ3v) is 2.10. The predicted octanol–water partition coefficient (Wildman–Crippen LogP) is 2.49. The molecule has 0 aliphatic rings. The Hall–Kier alpha value is 0.120. The lowest BCUT2D eigenvalue weighted by Crippen LogP contribution is -2.22. The molecule has 0 aliphatic carbocycles. The molecule has 0 atom stereocenters. The lowest BCUT2D eigenvalue weighted by Gasteiger charge is -2.11. The van der Waals surface area contributed by atoms with E-state index in [-0.39, 0.29) is 13.2 Å². The van der Waals surface area contributed by atoms with E-state index in [4.69, 9.17) is 9.47 Å². The molecule has 0 amide bonds. The molecule has 0 N–H and O–H groups in total. The third kappa shape index (κ3) is 7.08. The molecule has 0 aromatic heterocycles. The lowest BCUT2D eigenvalue weighted by molar-refractivity contribution is -0.148. The second-order valence-corrected chi connectivity index (χ2v) is 9.31. The predicted molar refractivity (Wildman–Crippen MR) is 66.2 cm³/mol. The molecule has 0 radical (unpaired) electrons. The summed E-state index contributed by atoms with van der Waals surface area (Å²) >= 11 is 8.96. The number of ether oxygens (including phenoxy) is 2. The standard InChI is InChI=1S/C8H9Br3O4/c1-5(2)6(12)14-3-4-15-7(13)8(9,10)11/h1,3-4H2,2H3. The number of carbonyl (C=O) groups excluding carboxylic acids is 2. The van der Waals surface area contributed by atoms with Crippen LogP contribution in [0.15, 0.2) is 12.2 Å².